The lowest BCUT2D eigenvalue weighted by Crippen LogP contribution is -2.40. The molecule has 1 atom stereocenters. The highest BCUT2D eigenvalue weighted by atomic mass is 19.2. The van der Waals surface area contributed by atoms with Crippen molar-refractivity contribution in [1.29, 1.82) is 0 Å². The first-order valence-corrected chi connectivity index (χ1v) is 6.98. The van der Waals surface area contributed by atoms with Gasteiger partial charge in [0.15, 0.2) is 11.6 Å². The van der Waals surface area contributed by atoms with Crippen LogP contribution in [0.4, 0.5) is 14.5 Å². The molecule has 0 fully saturated rings. The summed E-state index contributed by atoms with van der Waals surface area (Å²) in [6.45, 7) is 3.70. The van der Waals surface area contributed by atoms with E-state index in [4.69, 9.17) is 0 Å². The average molecular weight is 303 g/mol. The molecule has 0 saturated heterocycles. The summed E-state index contributed by atoms with van der Waals surface area (Å²) in [6, 6.07) is 8.69. The number of carbonyl (C=O) groups is 1. The van der Waals surface area contributed by atoms with Gasteiger partial charge in [-0.15, -0.1) is 0 Å². The van der Waals surface area contributed by atoms with Crippen LogP contribution in [-0.4, -0.2) is 11.0 Å². The van der Waals surface area contributed by atoms with Crippen LogP contribution in [0.1, 0.15) is 25.0 Å². The minimum Gasteiger partial charge on any atom is -0.508 e. The predicted molar refractivity (Wildman–Crippen MR) is 78.7 cm³/mol. The number of carbonyl (C=O) groups excluding carboxylic acids is 1. The number of halogens is 2. The van der Waals surface area contributed by atoms with Gasteiger partial charge >= 0.3 is 0 Å². The van der Waals surface area contributed by atoms with Gasteiger partial charge in [-0.3, -0.25) is 4.79 Å². The molecule has 0 spiro atoms. The number of hydrogen-bond donors (Lipinski definition) is 2. The summed E-state index contributed by atoms with van der Waals surface area (Å²) in [5.74, 6) is -2.56. The predicted octanol–water partition coefficient (Wildman–Crippen LogP) is 3.56. The summed E-state index contributed by atoms with van der Waals surface area (Å²) >= 11 is 0. The molecule has 0 radical (unpaired) electrons. The van der Waals surface area contributed by atoms with Gasteiger partial charge in [0.2, 0.25) is 5.91 Å². The molecule has 1 aliphatic heterocycles. The zero-order valence-corrected chi connectivity index (χ0v) is 12.2. The zero-order valence-electron chi connectivity index (χ0n) is 12.2. The molecule has 0 bridgehead atoms. The molecule has 0 aromatic heterocycles. The molecule has 5 heteroatoms. The largest absolute Gasteiger partial charge is 0.508 e. The van der Waals surface area contributed by atoms with Gasteiger partial charge in [-0.05, 0) is 35.2 Å². The van der Waals surface area contributed by atoms with Gasteiger partial charge in [0.25, 0.3) is 0 Å². The van der Waals surface area contributed by atoms with Crippen LogP contribution in [-0.2, 0) is 10.2 Å². The van der Waals surface area contributed by atoms with Crippen molar-refractivity contribution in [2.24, 2.45) is 5.92 Å². The van der Waals surface area contributed by atoms with Crippen LogP contribution in [0, 0.1) is 17.6 Å². The van der Waals surface area contributed by atoms with Crippen molar-refractivity contribution in [2.75, 3.05) is 5.32 Å². The second-order valence-electron chi connectivity index (χ2n) is 5.75. The molecular formula is C17H15F2NO2. The number of benzene rings is 2. The van der Waals surface area contributed by atoms with E-state index in [1.165, 1.54) is 18.2 Å². The number of aromatic hydroxyl groups is 1. The van der Waals surface area contributed by atoms with Crippen molar-refractivity contribution >= 4 is 11.6 Å². The van der Waals surface area contributed by atoms with Crippen molar-refractivity contribution in [3.05, 3.63) is 59.2 Å². The summed E-state index contributed by atoms with van der Waals surface area (Å²) in [5.41, 5.74) is -0.177. The molecule has 2 N–H and O–H groups in total. The first-order chi connectivity index (χ1) is 10.4. The Morgan fingerprint density at radius 2 is 1.73 bits per heavy atom. The van der Waals surface area contributed by atoms with Crippen LogP contribution in [0.2, 0.25) is 0 Å². The van der Waals surface area contributed by atoms with Crippen molar-refractivity contribution < 1.29 is 18.7 Å². The minimum atomic E-state index is -1.11. The first-order valence-electron chi connectivity index (χ1n) is 6.98. The number of phenolic OH excluding ortho intramolecular Hbond substituents is 1. The van der Waals surface area contributed by atoms with E-state index in [1.54, 1.807) is 12.1 Å². The molecular weight excluding hydrogens is 288 g/mol. The van der Waals surface area contributed by atoms with Gasteiger partial charge < -0.3 is 10.4 Å². The Hall–Kier alpha value is -2.43. The number of hydrogen-bond acceptors (Lipinski definition) is 2. The van der Waals surface area contributed by atoms with E-state index in [1.807, 2.05) is 13.8 Å². The summed E-state index contributed by atoms with van der Waals surface area (Å²) < 4.78 is 27.5. The molecule has 1 aliphatic rings. The number of fused-ring (bicyclic) bond motifs is 1. The highest BCUT2D eigenvalue weighted by Gasteiger charge is 2.51. The van der Waals surface area contributed by atoms with Crippen LogP contribution >= 0.6 is 0 Å². The quantitative estimate of drug-likeness (QED) is 0.891. The van der Waals surface area contributed by atoms with Crippen LogP contribution < -0.4 is 5.32 Å². The fourth-order valence-corrected chi connectivity index (χ4v) is 3.25. The first kappa shape index (κ1) is 14.5. The molecule has 1 unspecified atom stereocenters. The Balaban J connectivity index is 2.32. The van der Waals surface area contributed by atoms with Crippen molar-refractivity contribution in [3.63, 3.8) is 0 Å². The normalized spacial score (nSPS) is 20.1. The lowest BCUT2D eigenvalue weighted by Gasteiger charge is -2.32. The minimum absolute atomic E-state index is 0.0755. The van der Waals surface area contributed by atoms with Gasteiger partial charge in [-0.25, -0.2) is 8.78 Å². The second-order valence-corrected chi connectivity index (χ2v) is 5.75. The lowest BCUT2D eigenvalue weighted by molar-refractivity contribution is -0.120. The van der Waals surface area contributed by atoms with Gasteiger partial charge in [0, 0.05) is 0 Å². The number of rotatable bonds is 2. The van der Waals surface area contributed by atoms with E-state index >= 15 is 0 Å². The topological polar surface area (TPSA) is 49.3 Å². The maximum Gasteiger partial charge on any atom is 0.239 e. The maximum absolute atomic E-state index is 14.0. The van der Waals surface area contributed by atoms with E-state index in [0.29, 0.717) is 11.1 Å². The van der Waals surface area contributed by atoms with Crippen LogP contribution in [0.25, 0.3) is 0 Å². The fourth-order valence-electron chi connectivity index (χ4n) is 3.25. The molecule has 3 nitrogen and oxygen atoms in total. The standard InChI is InChI=1S/C17H15F2NO2/c1-9(2)17(10-3-5-11(21)6-4-10)12-7-8-13(18)14(19)15(12)20-16(17)22/h3-9,21H,1-2H3,(H,20,22). The van der Waals surface area contributed by atoms with Gasteiger partial charge in [-0.1, -0.05) is 32.0 Å². The number of amides is 1. The Kier molecular flexibility index (Phi) is 3.16. The molecule has 114 valence electrons. The summed E-state index contributed by atoms with van der Waals surface area (Å²) in [4.78, 5) is 12.7. The molecule has 0 saturated carbocycles. The zero-order chi connectivity index (χ0) is 16.1. The summed E-state index contributed by atoms with van der Waals surface area (Å²) in [6.07, 6.45) is 0. The number of phenols is 1. The van der Waals surface area contributed by atoms with E-state index in [2.05, 4.69) is 5.32 Å². The Bertz CT molecular complexity index is 756. The lowest BCUT2D eigenvalue weighted by atomic mass is 9.67. The molecule has 1 heterocycles. The molecule has 2 aromatic carbocycles. The third-order valence-electron chi connectivity index (χ3n) is 4.31. The van der Waals surface area contributed by atoms with E-state index in [9.17, 15) is 18.7 Å². The summed E-state index contributed by atoms with van der Waals surface area (Å²) in [7, 11) is 0. The number of anilines is 1. The second kappa shape index (κ2) is 4.80. The van der Waals surface area contributed by atoms with Crippen LogP contribution in [0.5, 0.6) is 5.75 Å². The number of nitrogens with one attached hydrogen (secondary N) is 1. The molecule has 22 heavy (non-hydrogen) atoms. The van der Waals surface area contributed by atoms with Crippen LogP contribution in [0.3, 0.4) is 0 Å². The van der Waals surface area contributed by atoms with E-state index in [-0.39, 0.29) is 17.4 Å². The Labute approximate surface area is 126 Å². The third kappa shape index (κ3) is 1.75. The Morgan fingerprint density at radius 3 is 2.32 bits per heavy atom. The van der Waals surface area contributed by atoms with E-state index < -0.39 is 23.0 Å². The fraction of sp³-hybridized carbons (Fsp3) is 0.235. The van der Waals surface area contributed by atoms with E-state index in [0.717, 1.165) is 6.07 Å². The van der Waals surface area contributed by atoms with Gasteiger partial charge in [0.1, 0.15) is 11.2 Å². The Morgan fingerprint density at radius 1 is 1.09 bits per heavy atom. The molecule has 2 aromatic rings. The summed E-state index contributed by atoms with van der Waals surface area (Å²) in [5, 5.41) is 11.9. The van der Waals surface area contributed by atoms with Crippen LogP contribution in [0.15, 0.2) is 36.4 Å². The highest BCUT2D eigenvalue weighted by Crippen LogP contribution is 2.49. The average Bonchev–Trinajstić information content (AvgIpc) is 2.78. The molecule has 0 aliphatic carbocycles. The maximum atomic E-state index is 14.0. The van der Waals surface area contributed by atoms with Crippen molar-refractivity contribution in [3.8, 4) is 5.75 Å². The SMILES string of the molecule is CC(C)C1(c2ccc(O)cc2)C(=O)Nc2c1ccc(F)c2F. The smallest absolute Gasteiger partial charge is 0.239 e. The third-order valence-corrected chi connectivity index (χ3v) is 4.31. The highest BCUT2D eigenvalue weighted by molar-refractivity contribution is 6.09. The molecule has 1 amide bonds. The van der Waals surface area contributed by atoms with Crippen molar-refractivity contribution in [2.45, 2.75) is 19.3 Å². The monoisotopic (exact) mass is 303 g/mol. The van der Waals surface area contributed by atoms with Crippen molar-refractivity contribution in [1.82, 2.24) is 0 Å². The molecule has 3 rings (SSSR count). The van der Waals surface area contributed by atoms with Gasteiger partial charge in [0.05, 0.1) is 5.69 Å². The van der Waals surface area contributed by atoms with Gasteiger partial charge in [-0.2, -0.15) is 0 Å².